The maximum absolute atomic E-state index is 12.5. The van der Waals surface area contributed by atoms with E-state index in [-0.39, 0.29) is 18.6 Å². The Morgan fingerprint density at radius 2 is 1.78 bits per heavy atom. The minimum Gasteiger partial charge on any atom is -0.490 e. The van der Waals surface area contributed by atoms with Gasteiger partial charge in [0.25, 0.3) is 0 Å². The summed E-state index contributed by atoms with van der Waals surface area (Å²) < 4.78 is 18.5. The van der Waals surface area contributed by atoms with E-state index in [2.05, 4.69) is 4.98 Å². The van der Waals surface area contributed by atoms with E-state index in [0.29, 0.717) is 16.8 Å². The van der Waals surface area contributed by atoms with Crippen molar-refractivity contribution in [3.8, 4) is 16.9 Å². The topological polar surface area (TPSA) is 75.2 Å². The Morgan fingerprint density at radius 1 is 1.08 bits per heavy atom. The number of aromatic nitrogens is 2. The molecule has 2 unspecified atom stereocenters. The number of fused-ring (bicyclic) bond motifs is 1. The number of ether oxygens (including phenoxy) is 1. The summed E-state index contributed by atoms with van der Waals surface area (Å²) in [6.45, 7) is 7.89. The largest absolute Gasteiger partial charge is 0.490 e. The fraction of sp³-hybridized carbons (Fsp3) is 0.367. The van der Waals surface area contributed by atoms with E-state index in [1.807, 2.05) is 88.4 Å². The molecule has 0 amide bonds. The number of aliphatic hydroxyl groups excluding tert-OH is 1. The van der Waals surface area contributed by atoms with Crippen LogP contribution in [0.25, 0.3) is 22.2 Å². The van der Waals surface area contributed by atoms with Gasteiger partial charge in [-0.05, 0) is 68.5 Å². The van der Waals surface area contributed by atoms with Crippen LogP contribution >= 0.6 is 11.6 Å². The highest BCUT2D eigenvalue weighted by molar-refractivity contribution is 7.85. The Labute approximate surface area is 226 Å². The summed E-state index contributed by atoms with van der Waals surface area (Å²) in [6.07, 6.45) is 2.41. The summed E-state index contributed by atoms with van der Waals surface area (Å²) in [5.41, 5.74) is 4.24. The van der Waals surface area contributed by atoms with Crippen LogP contribution in [0.15, 0.2) is 65.6 Å². The molecular weight excluding hydrogens is 504 g/mol. The zero-order chi connectivity index (χ0) is 26.5. The third-order valence-electron chi connectivity index (χ3n) is 6.27. The SMILES string of the molecule is CC.CC(C)Oc1ccccc1-c1cc2nc(C(CO)c3ccc(S(=O)CC4CC4)cc3)[nH]c2cc1Cl. The lowest BCUT2D eigenvalue weighted by atomic mass is 9.99. The number of nitrogens with one attached hydrogen (secondary N) is 1. The summed E-state index contributed by atoms with van der Waals surface area (Å²) in [6, 6.07) is 19.3. The average Bonchev–Trinajstić information content (AvgIpc) is 3.62. The van der Waals surface area contributed by atoms with Crippen molar-refractivity contribution in [2.45, 2.75) is 57.5 Å². The minimum atomic E-state index is -0.972. The van der Waals surface area contributed by atoms with E-state index < -0.39 is 10.8 Å². The van der Waals surface area contributed by atoms with Crippen molar-refractivity contribution in [1.29, 1.82) is 0 Å². The third-order valence-corrected chi connectivity index (χ3v) is 8.16. The zero-order valence-electron chi connectivity index (χ0n) is 21.8. The van der Waals surface area contributed by atoms with Crippen molar-refractivity contribution >= 4 is 33.4 Å². The maximum Gasteiger partial charge on any atom is 0.127 e. The molecule has 1 fully saturated rings. The second-order valence-electron chi connectivity index (χ2n) is 9.39. The normalized spacial score (nSPS) is 14.8. The third kappa shape index (κ3) is 6.43. The zero-order valence-corrected chi connectivity index (χ0v) is 23.4. The van der Waals surface area contributed by atoms with Crippen LogP contribution in [0.2, 0.25) is 5.02 Å². The lowest BCUT2D eigenvalue weighted by Gasteiger charge is -2.15. The first kappa shape index (κ1) is 27.4. The summed E-state index contributed by atoms with van der Waals surface area (Å²) in [7, 11) is -0.972. The second-order valence-corrected chi connectivity index (χ2v) is 11.3. The maximum atomic E-state index is 12.5. The summed E-state index contributed by atoms with van der Waals surface area (Å²) in [4.78, 5) is 8.98. The fourth-order valence-corrected chi connectivity index (χ4v) is 5.92. The Morgan fingerprint density at radius 3 is 2.43 bits per heavy atom. The summed E-state index contributed by atoms with van der Waals surface area (Å²) in [5, 5.41) is 10.8. The highest BCUT2D eigenvalue weighted by Gasteiger charge is 2.25. The van der Waals surface area contributed by atoms with Gasteiger partial charge in [0.2, 0.25) is 0 Å². The van der Waals surface area contributed by atoms with Gasteiger partial charge in [-0.15, -0.1) is 0 Å². The number of hydrogen-bond acceptors (Lipinski definition) is 4. The van der Waals surface area contributed by atoms with Gasteiger partial charge in [-0.25, -0.2) is 4.98 Å². The molecule has 4 aromatic rings. The number of hydrogen-bond donors (Lipinski definition) is 2. The number of rotatable bonds is 9. The molecule has 2 atom stereocenters. The van der Waals surface area contributed by atoms with E-state index >= 15 is 0 Å². The first-order chi connectivity index (χ1) is 17.9. The average molecular weight is 539 g/mol. The van der Waals surface area contributed by atoms with Gasteiger partial charge in [0.15, 0.2) is 0 Å². The van der Waals surface area contributed by atoms with Crippen LogP contribution in [0, 0.1) is 5.92 Å². The van der Waals surface area contributed by atoms with E-state index in [9.17, 15) is 9.32 Å². The van der Waals surface area contributed by atoms with Crippen molar-refractivity contribution in [2.24, 2.45) is 5.92 Å². The monoisotopic (exact) mass is 538 g/mol. The van der Waals surface area contributed by atoms with E-state index in [1.54, 1.807) is 0 Å². The molecule has 196 valence electrons. The number of aliphatic hydroxyl groups is 1. The van der Waals surface area contributed by atoms with Crippen LogP contribution < -0.4 is 4.74 Å². The molecule has 1 aromatic heterocycles. The Bertz CT molecular complexity index is 1360. The highest BCUT2D eigenvalue weighted by Crippen LogP contribution is 2.38. The number of imidazole rings is 1. The standard InChI is InChI=1S/C28H29ClN2O3S.C2H6/c1-17(2)34-27-6-4-3-5-21(27)22-13-25-26(14-24(22)29)31-28(30-25)23(15-32)19-9-11-20(12-10-19)35(33)16-18-7-8-18;1-2/h3-6,9-14,17-18,23,32H,7-8,15-16H2,1-2H3,(H,30,31);1-2H3. The quantitative estimate of drug-likeness (QED) is 0.234. The van der Waals surface area contributed by atoms with Gasteiger partial charge >= 0.3 is 0 Å². The molecule has 37 heavy (non-hydrogen) atoms. The number of para-hydroxylation sites is 1. The number of nitrogens with zero attached hydrogens (tertiary/aromatic N) is 1. The van der Waals surface area contributed by atoms with Crippen LogP contribution in [0.4, 0.5) is 0 Å². The molecule has 1 aliphatic rings. The smallest absolute Gasteiger partial charge is 0.127 e. The molecule has 1 saturated carbocycles. The molecule has 3 aromatic carbocycles. The van der Waals surface area contributed by atoms with Gasteiger partial charge < -0.3 is 14.8 Å². The summed E-state index contributed by atoms with van der Waals surface area (Å²) >= 11 is 6.69. The molecular formula is C30H35ClN2O3S. The number of halogens is 1. The molecule has 5 nitrogen and oxygen atoms in total. The molecule has 0 spiro atoms. The molecule has 0 saturated heterocycles. The van der Waals surface area contributed by atoms with Gasteiger partial charge in [-0.1, -0.05) is 55.8 Å². The lowest BCUT2D eigenvalue weighted by molar-refractivity contribution is 0.243. The Balaban J connectivity index is 0.00000156. The van der Waals surface area contributed by atoms with Gasteiger partial charge in [0, 0.05) is 21.8 Å². The van der Waals surface area contributed by atoms with Crippen molar-refractivity contribution < 1.29 is 14.1 Å². The van der Waals surface area contributed by atoms with Crippen molar-refractivity contribution in [1.82, 2.24) is 9.97 Å². The van der Waals surface area contributed by atoms with E-state index in [4.69, 9.17) is 21.3 Å². The van der Waals surface area contributed by atoms with Crippen LogP contribution in [0.5, 0.6) is 5.75 Å². The predicted molar refractivity (Wildman–Crippen MR) is 153 cm³/mol. The number of benzene rings is 3. The van der Waals surface area contributed by atoms with Crippen LogP contribution in [0.1, 0.15) is 57.8 Å². The first-order valence-electron chi connectivity index (χ1n) is 13.0. The Kier molecular flexibility index (Phi) is 9.06. The fourth-order valence-electron chi connectivity index (χ4n) is 4.26. The first-order valence-corrected chi connectivity index (χ1v) is 14.7. The van der Waals surface area contributed by atoms with Crippen LogP contribution in [-0.2, 0) is 10.8 Å². The Hall–Kier alpha value is -2.67. The molecule has 0 bridgehead atoms. The summed E-state index contributed by atoms with van der Waals surface area (Å²) in [5.74, 6) is 2.45. The van der Waals surface area contributed by atoms with Crippen molar-refractivity contribution in [3.05, 3.63) is 77.1 Å². The molecule has 1 heterocycles. The molecule has 2 N–H and O–H groups in total. The molecule has 7 heteroatoms. The molecule has 0 aliphatic heterocycles. The lowest BCUT2D eigenvalue weighted by Crippen LogP contribution is -2.08. The number of aromatic amines is 1. The number of H-pyrrole nitrogens is 1. The predicted octanol–water partition coefficient (Wildman–Crippen LogP) is 7.34. The van der Waals surface area contributed by atoms with Crippen molar-refractivity contribution in [2.75, 3.05) is 12.4 Å². The van der Waals surface area contributed by atoms with Gasteiger partial charge in [-0.2, -0.15) is 0 Å². The van der Waals surface area contributed by atoms with Crippen LogP contribution in [-0.4, -0.2) is 37.7 Å². The minimum absolute atomic E-state index is 0.0403. The molecule has 1 aliphatic carbocycles. The van der Waals surface area contributed by atoms with Gasteiger partial charge in [0.05, 0.1) is 45.5 Å². The van der Waals surface area contributed by atoms with Crippen LogP contribution in [0.3, 0.4) is 0 Å². The van der Waals surface area contributed by atoms with Gasteiger partial charge in [0.1, 0.15) is 11.6 Å². The van der Waals surface area contributed by atoms with Gasteiger partial charge in [-0.3, -0.25) is 4.21 Å². The van der Waals surface area contributed by atoms with Crippen molar-refractivity contribution in [3.63, 3.8) is 0 Å². The van der Waals surface area contributed by atoms with E-state index in [1.165, 1.54) is 12.8 Å². The highest BCUT2D eigenvalue weighted by atomic mass is 35.5. The molecule has 0 radical (unpaired) electrons. The van der Waals surface area contributed by atoms with E-state index in [0.717, 1.165) is 44.1 Å². The molecule has 5 rings (SSSR count). The second kappa shape index (κ2) is 12.2.